The number of para-hydroxylation sites is 1. The average Bonchev–Trinajstić information content (AvgIpc) is 2.18. The summed E-state index contributed by atoms with van der Waals surface area (Å²) in [5.41, 5.74) is 2.35. The maximum atomic E-state index is 7.85. The van der Waals surface area contributed by atoms with E-state index in [1.807, 2.05) is 24.1 Å². The Bertz CT molecular complexity index is 318. The fourth-order valence-electron chi connectivity index (χ4n) is 1.49. The van der Waals surface area contributed by atoms with Crippen molar-refractivity contribution >= 4 is 11.5 Å². The van der Waals surface area contributed by atoms with Gasteiger partial charge in [-0.05, 0) is 25.0 Å². The molecule has 0 atom stereocenters. The van der Waals surface area contributed by atoms with Crippen molar-refractivity contribution in [2.24, 2.45) is 0 Å². The van der Waals surface area contributed by atoms with Crippen LogP contribution in [0.25, 0.3) is 0 Å². The number of benzene rings is 1. The summed E-state index contributed by atoms with van der Waals surface area (Å²) in [4.78, 5) is 1.96. The molecule has 14 heavy (non-hydrogen) atoms. The normalized spacial score (nSPS) is 9.93. The first-order chi connectivity index (χ1) is 6.66. The molecule has 0 fully saturated rings. The van der Waals surface area contributed by atoms with Gasteiger partial charge in [0.15, 0.2) is 0 Å². The van der Waals surface area contributed by atoms with Crippen molar-refractivity contribution in [3.63, 3.8) is 0 Å². The molecule has 0 amide bonds. The standard InChI is InChI=1S/C12H18N2/c1-4-7-12(13)14(3)11-9-6-5-8-10(11)2/h5-6,8-9,13H,4,7H2,1-3H3. The summed E-state index contributed by atoms with van der Waals surface area (Å²) in [6, 6.07) is 8.17. The summed E-state index contributed by atoms with van der Waals surface area (Å²) in [7, 11) is 1.96. The van der Waals surface area contributed by atoms with Crippen LogP contribution in [0.4, 0.5) is 5.69 Å². The molecule has 1 N–H and O–H groups in total. The van der Waals surface area contributed by atoms with Crippen LogP contribution in [0.1, 0.15) is 25.3 Å². The van der Waals surface area contributed by atoms with Gasteiger partial charge in [0.25, 0.3) is 0 Å². The Morgan fingerprint density at radius 2 is 2.00 bits per heavy atom. The molecule has 0 unspecified atom stereocenters. The van der Waals surface area contributed by atoms with Gasteiger partial charge in [0.1, 0.15) is 0 Å². The maximum Gasteiger partial charge on any atom is 0.0999 e. The van der Waals surface area contributed by atoms with E-state index in [2.05, 4.69) is 26.0 Å². The molecule has 0 aliphatic rings. The van der Waals surface area contributed by atoms with E-state index in [0.29, 0.717) is 5.84 Å². The molecule has 0 aliphatic heterocycles. The summed E-state index contributed by atoms with van der Waals surface area (Å²) in [5, 5.41) is 7.85. The van der Waals surface area contributed by atoms with E-state index in [4.69, 9.17) is 5.41 Å². The lowest BCUT2D eigenvalue weighted by Crippen LogP contribution is -2.25. The first-order valence-electron chi connectivity index (χ1n) is 5.03. The lowest BCUT2D eigenvalue weighted by atomic mass is 10.1. The zero-order chi connectivity index (χ0) is 10.6. The largest absolute Gasteiger partial charge is 0.333 e. The molecule has 0 saturated carbocycles. The van der Waals surface area contributed by atoms with Crippen LogP contribution in [-0.2, 0) is 0 Å². The van der Waals surface area contributed by atoms with E-state index in [1.54, 1.807) is 0 Å². The van der Waals surface area contributed by atoms with Gasteiger partial charge in [-0.25, -0.2) is 0 Å². The second-order valence-electron chi connectivity index (χ2n) is 3.54. The molecule has 1 aromatic rings. The fourth-order valence-corrected chi connectivity index (χ4v) is 1.49. The van der Waals surface area contributed by atoms with Gasteiger partial charge in [-0.3, -0.25) is 5.41 Å². The van der Waals surface area contributed by atoms with E-state index < -0.39 is 0 Å². The Morgan fingerprint density at radius 3 is 2.57 bits per heavy atom. The van der Waals surface area contributed by atoms with Crippen molar-refractivity contribution in [3.05, 3.63) is 29.8 Å². The maximum absolute atomic E-state index is 7.85. The molecule has 0 aliphatic carbocycles. The van der Waals surface area contributed by atoms with E-state index in [1.165, 1.54) is 5.56 Å². The summed E-state index contributed by atoms with van der Waals surface area (Å²) >= 11 is 0. The predicted molar refractivity (Wildman–Crippen MR) is 62.2 cm³/mol. The fraction of sp³-hybridized carbons (Fsp3) is 0.417. The van der Waals surface area contributed by atoms with Gasteiger partial charge >= 0.3 is 0 Å². The van der Waals surface area contributed by atoms with Gasteiger partial charge in [0.2, 0.25) is 0 Å². The van der Waals surface area contributed by atoms with E-state index in [0.717, 1.165) is 18.5 Å². The van der Waals surface area contributed by atoms with Gasteiger partial charge in [0, 0.05) is 19.2 Å². The summed E-state index contributed by atoms with van der Waals surface area (Å²) in [6.45, 7) is 4.17. The Balaban J connectivity index is 2.84. The molecule has 1 rings (SSSR count). The third kappa shape index (κ3) is 2.34. The number of hydrogen-bond acceptors (Lipinski definition) is 1. The third-order valence-corrected chi connectivity index (χ3v) is 2.37. The monoisotopic (exact) mass is 190 g/mol. The number of nitrogens with one attached hydrogen (secondary N) is 1. The summed E-state index contributed by atoms with van der Waals surface area (Å²) < 4.78 is 0. The number of aryl methyl sites for hydroxylation is 1. The Morgan fingerprint density at radius 1 is 1.36 bits per heavy atom. The first-order valence-corrected chi connectivity index (χ1v) is 5.03. The Labute approximate surface area is 86.1 Å². The zero-order valence-electron chi connectivity index (χ0n) is 9.17. The van der Waals surface area contributed by atoms with Gasteiger partial charge in [0.05, 0.1) is 5.84 Å². The van der Waals surface area contributed by atoms with Crippen molar-refractivity contribution < 1.29 is 0 Å². The molecule has 76 valence electrons. The van der Waals surface area contributed by atoms with E-state index in [-0.39, 0.29) is 0 Å². The molecule has 0 spiro atoms. The zero-order valence-corrected chi connectivity index (χ0v) is 9.17. The Hall–Kier alpha value is -1.31. The number of amidine groups is 1. The van der Waals surface area contributed by atoms with Crippen LogP contribution in [-0.4, -0.2) is 12.9 Å². The van der Waals surface area contributed by atoms with Crippen LogP contribution in [0, 0.1) is 12.3 Å². The van der Waals surface area contributed by atoms with Crippen LogP contribution in [0.2, 0.25) is 0 Å². The molecule has 2 nitrogen and oxygen atoms in total. The highest BCUT2D eigenvalue weighted by Crippen LogP contribution is 2.18. The lowest BCUT2D eigenvalue weighted by molar-refractivity contribution is 0.957. The predicted octanol–water partition coefficient (Wildman–Crippen LogP) is 3.21. The quantitative estimate of drug-likeness (QED) is 0.575. The van der Waals surface area contributed by atoms with Crippen molar-refractivity contribution in [1.29, 1.82) is 5.41 Å². The number of nitrogens with zero attached hydrogens (tertiary/aromatic N) is 1. The highest BCUT2D eigenvalue weighted by Gasteiger charge is 2.07. The third-order valence-electron chi connectivity index (χ3n) is 2.37. The van der Waals surface area contributed by atoms with Gasteiger partial charge in [-0.15, -0.1) is 0 Å². The summed E-state index contributed by atoms with van der Waals surface area (Å²) in [6.07, 6.45) is 1.86. The van der Waals surface area contributed by atoms with Crippen LogP contribution in [0.3, 0.4) is 0 Å². The van der Waals surface area contributed by atoms with Crippen molar-refractivity contribution in [3.8, 4) is 0 Å². The van der Waals surface area contributed by atoms with E-state index in [9.17, 15) is 0 Å². The lowest BCUT2D eigenvalue weighted by Gasteiger charge is -2.21. The van der Waals surface area contributed by atoms with E-state index >= 15 is 0 Å². The minimum Gasteiger partial charge on any atom is -0.333 e. The molecule has 2 heteroatoms. The second-order valence-corrected chi connectivity index (χ2v) is 3.54. The average molecular weight is 190 g/mol. The molecule has 0 bridgehead atoms. The highest BCUT2D eigenvalue weighted by atomic mass is 15.1. The van der Waals surface area contributed by atoms with Crippen LogP contribution >= 0.6 is 0 Å². The molecule has 1 aromatic carbocycles. The molecular weight excluding hydrogens is 172 g/mol. The highest BCUT2D eigenvalue weighted by molar-refractivity contribution is 5.95. The molecular formula is C12H18N2. The number of rotatable bonds is 3. The minimum atomic E-state index is 0.682. The van der Waals surface area contributed by atoms with Crippen LogP contribution in [0.5, 0.6) is 0 Å². The van der Waals surface area contributed by atoms with Crippen molar-refractivity contribution in [2.45, 2.75) is 26.7 Å². The number of hydrogen-bond donors (Lipinski definition) is 1. The summed E-state index contributed by atoms with van der Waals surface area (Å²) in [5.74, 6) is 0.682. The second kappa shape index (κ2) is 4.80. The van der Waals surface area contributed by atoms with Gasteiger partial charge in [-0.1, -0.05) is 25.1 Å². The first kappa shape index (κ1) is 10.8. The minimum absolute atomic E-state index is 0.682. The molecule has 0 aromatic heterocycles. The van der Waals surface area contributed by atoms with Gasteiger partial charge < -0.3 is 4.90 Å². The van der Waals surface area contributed by atoms with Gasteiger partial charge in [-0.2, -0.15) is 0 Å². The van der Waals surface area contributed by atoms with Crippen molar-refractivity contribution in [2.75, 3.05) is 11.9 Å². The smallest absolute Gasteiger partial charge is 0.0999 e. The molecule has 0 saturated heterocycles. The SMILES string of the molecule is CCCC(=N)N(C)c1ccccc1C. The van der Waals surface area contributed by atoms with Crippen molar-refractivity contribution in [1.82, 2.24) is 0 Å². The Kier molecular flexibility index (Phi) is 3.69. The number of anilines is 1. The molecule has 0 radical (unpaired) electrons. The van der Waals surface area contributed by atoms with Crippen LogP contribution < -0.4 is 4.90 Å². The molecule has 0 heterocycles. The van der Waals surface area contributed by atoms with Crippen LogP contribution in [0.15, 0.2) is 24.3 Å². The topological polar surface area (TPSA) is 27.1 Å².